The highest BCUT2D eigenvalue weighted by Gasteiger charge is 1.85. The molecule has 9 N–H and O–H groups in total. The lowest BCUT2D eigenvalue weighted by molar-refractivity contribution is 0.378. The van der Waals surface area contributed by atoms with Crippen LogP contribution in [0.2, 0.25) is 0 Å². The van der Waals surface area contributed by atoms with Crippen LogP contribution >= 0.6 is 0 Å². The van der Waals surface area contributed by atoms with E-state index >= 15 is 0 Å². The Morgan fingerprint density at radius 3 is 0.444 bits per heavy atom. The van der Waals surface area contributed by atoms with E-state index in [0.717, 1.165) is 0 Å². The predicted octanol–water partition coefficient (Wildman–Crippen LogP) is -4.16. The van der Waals surface area contributed by atoms with Gasteiger partial charge in [-0.1, -0.05) is 0 Å². The van der Waals surface area contributed by atoms with Gasteiger partial charge in [-0.3, -0.25) is 27.3 Å². The zero-order chi connectivity index (χ0) is 13.5. The first-order chi connectivity index (χ1) is 6.00. The van der Waals surface area contributed by atoms with Gasteiger partial charge in [-0.2, -0.15) is 25.3 Å². The molecule has 0 amide bonds. The molecule has 0 heterocycles. The zero-order valence-corrected chi connectivity index (χ0v) is 9.51. The molecule has 0 aromatic carbocycles. The van der Waals surface area contributed by atoms with Gasteiger partial charge in [0.05, 0.1) is 0 Å². The van der Waals surface area contributed by atoms with E-state index in [-0.39, 0.29) is 40.9 Å². The Balaban J connectivity index is -0.0000000277. The second-order valence-corrected chi connectivity index (χ2v) is 4.03. The quantitative estimate of drug-likeness (QED) is 0.158. The van der Waals surface area contributed by atoms with Crippen LogP contribution in [0.1, 0.15) is 0 Å². The number of rotatable bonds is 0. The van der Waals surface area contributed by atoms with E-state index in [1.807, 2.05) is 0 Å². The first-order valence-electron chi connectivity index (χ1n) is 2.10. The summed E-state index contributed by atoms with van der Waals surface area (Å²) in [7, 11) is -14.0. The van der Waals surface area contributed by atoms with Gasteiger partial charge in [0.25, 0.3) is 0 Å². The molecule has 0 saturated carbocycles. The fourth-order valence-corrected chi connectivity index (χ4v) is 0. The van der Waals surface area contributed by atoms with Gasteiger partial charge >= 0.3 is 31.2 Å². The van der Waals surface area contributed by atoms with Crippen LogP contribution in [0.4, 0.5) is 0 Å². The lowest BCUT2D eigenvalue weighted by atomic mass is 14.0. The summed E-state index contributed by atoms with van der Waals surface area (Å²) in [6.45, 7) is 0. The number of hydrogen-bond acceptors (Lipinski definition) is 7. The summed E-state index contributed by atoms with van der Waals surface area (Å²) in [5.74, 6) is 0. The molecule has 0 rings (SSSR count). The smallest absolute Gasteiger partial charge is 0.344 e. The lowest BCUT2D eigenvalue weighted by Gasteiger charge is -1.68. The van der Waals surface area contributed by atoms with Gasteiger partial charge in [-0.25, -0.2) is 0 Å². The Hall–Kier alpha value is 0.635. The summed E-state index contributed by atoms with van der Waals surface area (Å²) >= 11 is 0. The predicted molar refractivity (Wildman–Crippen MR) is 67.4 cm³/mol. The van der Waals surface area contributed by atoms with Crippen LogP contribution in [0, 0.1) is 0 Å². The van der Waals surface area contributed by atoms with Crippen molar-refractivity contribution in [3.05, 3.63) is 0 Å². The molecule has 0 aliphatic heterocycles. The molecule has 116 valence electrons. The van der Waals surface area contributed by atoms with Crippen molar-refractivity contribution in [2.75, 3.05) is 0 Å². The monoisotopic (exact) mass is 371 g/mol. The van der Waals surface area contributed by atoms with Gasteiger partial charge in [0, 0.05) is 0 Å². The molecule has 18 heavy (non-hydrogen) atoms. The maximum atomic E-state index is 8.74. The maximum Gasteiger partial charge on any atom is 0.394 e. The van der Waals surface area contributed by atoms with Gasteiger partial charge < -0.3 is 6.15 Å². The van der Waals surface area contributed by atoms with E-state index in [2.05, 4.69) is 0 Å². The van der Waals surface area contributed by atoms with Gasteiger partial charge in [-0.15, -0.1) is 0 Å². The molecule has 0 unspecified atom stereocenters. The Labute approximate surface area is 124 Å². The highest BCUT2D eigenvalue weighted by atomic mass is 32.3. The Bertz CT molecular complexity index is 346. The molecule has 0 aliphatic carbocycles. The normalized spacial score (nSPS) is 9.67. The van der Waals surface area contributed by atoms with Crippen LogP contribution in [0.25, 0.3) is 0 Å². The average Bonchev–Trinajstić information content (AvgIpc) is 1.41. The highest BCUT2D eigenvalue weighted by Crippen LogP contribution is 1.60. The largest absolute Gasteiger partial charge is 0.394 e. The van der Waals surface area contributed by atoms with Crippen molar-refractivity contribution >= 4 is 65.9 Å². The van der Waals surface area contributed by atoms with Crippen LogP contribution in [0.5, 0.6) is 0 Å². The third-order valence-electron chi connectivity index (χ3n) is 0. The minimum Gasteiger partial charge on any atom is -0.344 e. The van der Waals surface area contributed by atoms with Crippen LogP contribution in [-0.2, 0) is 31.2 Å². The second kappa shape index (κ2) is 14.1. The summed E-state index contributed by atoms with van der Waals surface area (Å²) in [6, 6.07) is 0. The van der Waals surface area contributed by atoms with E-state index in [1.165, 1.54) is 0 Å². The molecule has 0 radical (unpaired) electrons. The van der Waals surface area contributed by atoms with Crippen LogP contribution in [-0.4, -0.2) is 87.3 Å². The first kappa shape index (κ1) is 36.3. The minimum absolute atomic E-state index is 0. The topological polar surface area (TPSA) is 259 Å². The third-order valence-corrected chi connectivity index (χ3v) is 0. The molecule has 0 spiro atoms. The van der Waals surface area contributed by atoms with E-state index in [9.17, 15) is 0 Å². The van der Waals surface area contributed by atoms with Crippen molar-refractivity contribution in [3.63, 3.8) is 0 Å². The maximum absolute atomic E-state index is 8.74. The highest BCUT2D eigenvalue weighted by molar-refractivity contribution is 7.80. The molecular formula is H15Al2NO12S3. The van der Waals surface area contributed by atoms with Crippen LogP contribution in [0.15, 0.2) is 0 Å². The summed E-state index contributed by atoms with van der Waals surface area (Å²) < 4.78 is 94.8. The number of hydrogen-bond donors (Lipinski definition) is 7. The molecule has 0 saturated heterocycles. The SMILES string of the molecule is N.O=S(=O)(O)O.O=S(=O)(O)O.O=S(=O)(O)O.[AlH3].[AlH3]. The standard InChI is InChI=1S/2Al.H3N.3H2O4S.6H/c;;;3*1-5(2,3)4;;;;;;/h;;1H3;3*(H2,1,2,3,4);;;;;;. The summed E-state index contributed by atoms with van der Waals surface area (Å²) in [5, 5.41) is 0. The molecule has 0 atom stereocenters. The van der Waals surface area contributed by atoms with Crippen molar-refractivity contribution < 1.29 is 52.6 Å². The van der Waals surface area contributed by atoms with Gasteiger partial charge in [-0.05, 0) is 0 Å². The molecule has 0 fully saturated rings. The molecular weight excluding hydrogens is 356 g/mol. The van der Waals surface area contributed by atoms with Crippen LogP contribution in [0.3, 0.4) is 0 Å². The fourth-order valence-electron chi connectivity index (χ4n) is 0. The van der Waals surface area contributed by atoms with E-state index in [0.29, 0.717) is 0 Å². The fraction of sp³-hybridized carbons (Fsp3) is 0. The van der Waals surface area contributed by atoms with Crippen molar-refractivity contribution in [3.8, 4) is 0 Å². The Morgan fingerprint density at radius 2 is 0.444 bits per heavy atom. The van der Waals surface area contributed by atoms with Crippen molar-refractivity contribution in [2.24, 2.45) is 0 Å². The first-order valence-corrected chi connectivity index (χ1v) is 6.29. The molecule has 0 aromatic rings. The van der Waals surface area contributed by atoms with Gasteiger partial charge in [0.15, 0.2) is 34.7 Å². The molecule has 0 bridgehead atoms. The molecule has 0 aromatic heterocycles. The van der Waals surface area contributed by atoms with Crippen molar-refractivity contribution in [2.45, 2.75) is 0 Å². The minimum atomic E-state index is -4.67. The van der Waals surface area contributed by atoms with Crippen LogP contribution < -0.4 is 6.15 Å². The van der Waals surface area contributed by atoms with E-state index in [4.69, 9.17) is 52.6 Å². The Morgan fingerprint density at radius 1 is 0.444 bits per heavy atom. The van der Waals surface area contributed by atoms with Gasteiger partial charge in [0.1, 0.15) is 0 Å². The van der Waals surface area contributed by atoms with Gasteiger partial charge in [0.2, 0.25) is 0 Å². The summed E-state index contributed by atoms with van der Waals surface area (Å²) in [6.07, 6.45) is 0. The summed E-state index contributed by atoms with van der Waals surface area (Å²) in [4.78, 5) is 0. The molecule has 13 nitrogen and oxygen atoms in total. The van der Waals surface area contributed by atoms with E-state index in [1.54, 1.807) is 0 Å². The lowest BCUT2D eigenvalue weighted by Crippen LogP contribution is -1.89. The zero-order valence-electron chi connectivity index (χ0n) is 7.06. The third kappa shape index (κ3) is 10100. The van der Waals surface area contributed by atoms with Crippen molar-refractivity contribution in [1.29, 1.82) is 0 Å². The summed E-state index contributed by atoms with van der Waals surface area (Å²) in [5.41, 5.74) is 0. The average molecular weight is 371 g/mol. The molecule has 0 aliphatic rings. The second-order valence-electron chi connectivity index (χ2n) is 1.34. The van der Waals surface area contributed by atoms with Crippen molar-refractivity contribution in [1.82, 2.24) is 6.15 Å². The molecule has 18 heteroatoms. The Kier molecular flexibility index (Phi) is 28.3. The van der Waals surface area contributed by atoms with E-state index < -0.39 is 31.2 Å².